The lowest BCUT2D eigenvalue weighted by molar-refractivity contribution is -0.140. The lowest BCUT2D eigenvalue weighted by Gasteiger charge is -2.50. The number of ether oxygens (including phenoxy) is 1. The van der Waals surface area contributed by atoms with Gasteiger partial charge in [-0.05, 0) is 66.6 Å². The fourth-order valence-electron chi connectivity index (χ4n) is 8.51. The maximum absolute atomic E-state index is 15.2. The summed E-state index contributed by atoms with van der Waals surface area (Å²) in [5.41, 5.74) is 1.10. The van der Waals surface area contributed by atoms with Crippen LogP contribution in [0.15, 0.2) is 84.4 Å². The first-order chi connectivity index (χ1) is 21.7. The van der Waals surface area contributed by atoms with Gasteiger partial charge in [-0.2, -0.15) is 0 Å². The summed E-state index contributed by atoms with van der Waals surface area (Å²) in [7, 11) is 1.46. The molecule has 3 fully saturated rings. The third-order valence-corrected chi connectivity index (χ3v) is 10.5. The molecule has 0 unspecified atom stereocenters. The Balaban J connectivity index is 1.49. The van der Waals surface area contributed by atoms with Crippen LogP contribution in [-0.4, -0.2) is 47.3 Å². The first-order valence-corrected chi connectivity index (χ1v) is 15.7. The van der Waals surface area contributed by atoms with Crippen molar-refractivity contribution < 1.29 is 29.0 Å². The van der Waals surface area contributed by atoms with Gasteiger partial charge in [-0.15, -0.1) is 0 Å². The van der Waals surface area contributed by atoms with E-state index in [1.807, 2.05) is 49.4 Å². The van der Waals surface area contributed by atoms with Crippen molar-refractivity contribution in [1.29, 1.82) is 0 Å². The molecule has 7 rings (SSSR count). The number of phenolic OH excluding ortho intramolecular Hbond substituents is 1. The molecular weight excluding hydrogens is 592 g/mol. The molecule has 1 N–H and O–H groups in total. The predicted octanol–water partition coefficient (Wildman–Crippen LogP) is 5.63. The van der Waals surface area contributed by atoms with Gasteiger partial charge in [0.1, 0.15) is 0 Å². The molecule has 0 spiro atoms. The summed E-state index contributed by atoms with van der Waals surface area (Å²) in [6.45, 7) is 2.28. The zero-order valence-corrected chi connectivity index (χ0v) is 25.7. The van der Waals surface area contributed by atoms with Crippen molar-refractivity contribution in [2.24, 2.45) is 23.7 Å². The average molecular weight is 625 g/mol. The molecule has 0 bridgehead atoms. The van der Waals surface area contributed by atoms with E-state index in [9.17, 15) is 19.5 Å². The number of carbonyl (C=O) groups is 4. The number of fused-ring (bicyclic) bond motifs is 4. The van der Waals surface area contributed by atoms with Crippen LogP contribution in [0.4, 0.5) is 5.69 Å². The second-order valence-corrected chi connectivity index (χ2v) is 12.8. The Hall–Kier alpha value is -4.43. The highest BCUT2D eigenvalue weighted by Gasteiger charge is 2.70. The summed E-state index contributed by atoms with van der Waals surface area (Å²) in [5, 5.41) is 11.4. The molecule has 4 amide bonds. The Kier molecular flexibility index (Phi) is 7.08. The van der Waals surface area contributed by atoms with Crippen molar-refractivity contribution in [2.45, 2.75) is 37.5 Å². The molecule has 4 aliphatic rings. The number of imide groups is 2. The van der Waals surface area contributed by atoms with Crippen LogP contribution in [0, 0.1) is 23.7 Å². The van der Waals surface area contributed by atoms with Crippen LogP contribution in [0.2, 0.25) is 5.02 Å². The normalized spacial score (nSPS) is 29.0. The third kappa shape index (κ3) is 4.11. The number of amides is 4. The second-order valence-electron chi connectivity index (χ2n) is 12.4. The van der Waals surface area contributed by atoms with Crippen LogP contribution in [-0.2, 0) is 24.6 Å². The van der Waals surface area contributed by atoms with Crippen LogP contribution in [0.1, 0.15) is 43.2 Å². The largest absolute Gasteiger partial charge is 0.504 e. The van der Waals surface area contributed by atoms with Gasteiger partial charge < -0.3 is 9.84 Å². The van der Waals surface area contributed by atoms with Crippen molar-refractivity contribution >= 4 is 40.9 Å². The minimum absolute atomic E-state index is 0.101. The highest BCUT2D eigenvalue weighted by molar-refractivity contribution is 6.32. The number of phenols is 1. The van der Waals surface area contributed by atoms with Crippen LogP contribution >= 0.6 is 11.6 Å². The monoisotopic (exact) mass is 624 g/mol. The van der Waals surface area contributed by atoms with Crippen LogP contribution < -0.4 is 9.64 Å². The lowest BCUT2D eigenvalue weighted by Crippen LogP contribution is -2.53. The van der Waals surface area contributed by atoms with Gasteiger partial charge in [-0.25, -0.2) is 4.90 Å². The van der Waals surface area contributed by atoms with E-state index in [1.54, 1.807) is 36.4 Å². The van der Waals surface area contributed by atoms with E-state index in [0.717, 1.165) is 5.57 Å². The number of aromatic hydroxyl groups is 1. The maximum Gasteiger partial charge on any atom is 0.246 e. The summed E-state index contributed by atoms with van der Waals surface area (Å²) in [6, 6.07) is 21.0. The molecule has 8 nitrogen and oxygen atoms in total. The molecule has 1 saturated carbocycles. The highest BCUT2D eigenvalue weighted by Crippen LogP contribution is 2.64. The van der Waals surface area contributed by atoms with Gasteiger partial charge in [0.15, 0.2) is 11.5 Å². The third-order valence-electron chi connectivity index (χ3n) is 10.2. The van der Waals surface area contributed by atoms with Crippen molar-refractivity contribution in [3.05, 3.63) is 101 Å². The summed E-state index contributed by atoms with van der Waals surface area (Å²) in [5.74, 6) is -4.15. The van der Waals surface area contributed by atoms with Gasteiger partial charge in [0.2, 0.25) is 23.6 Å². The van der Waals surface area contributed by atoms with Gasteiger partial charge in [0, 0.05) is 17.5 Å². The van der Waals surface area contributed by atoms with Crippen LogP contribution in [0.25, 0.3) is 0 Å². The fraction of sp³-hybridized carbons (Fsp3) is 0.333. The van der Waals surface area contributed by atoms with Crippen molar-refractivity contribution in [2.75, 3.05) is 18.6 Å². The van der Waals surface area contributed by atoms with E-state index >= 15 is 4.79 Å². The minimum atomic E-state index is -1.40. The summed E-state index contributed by atoms with van der Waals surface area (Å²) in [6.07, 6.45) is 3.24. The smallest absolute Gasteiger partial charge is 0.246 e. The molecule has 0 aromatic heterocycles. The SMILES string of the molecule is CCCN1C(=O)[C@H]2[C@H](CC=C3[C@H]2C[C@H]2C(=O)N(c4cccc(Cl)c4)C(=O)[C@@]2(c2ccccc2)[C@H]3c2ccc(OC)c(O)c2)C1=O. The van der Waals surface area contributed by atoms with E-state index in [0.29, 0.717) is 41.2 Å². The number of nitrogens with zero attached hydrogens (tertiary/aromatic N) is 2. The molecule has 3 aromatic carbocycles. The number of anilines is 1. The second kappa shape index (κ2) is 10.9. The number of rotatable bonds is 6. The Morgan fingerprint density at radius 3 is 2.40 bits per heavy atom. The first-order valence-electron chi connectivity index (χ1n) is 15.4. The maximum atomic E-state index is 15.2. The summed E-state index contributed by atoms with van der Waals surface area (Å²) >= 11 is 6.35. The van der Waals surface area contributed by atoms with Crippen molar-refractivity contribution in [3.8, 4) is 11.5 Å². The van der Waals surface area contributed by atoms with E-state index < -0.39 is 40.9 Å². The summed E-state index contributed by atoms with van der Waals surface area (Å²) < 4.78 is 5.34. The molecule has 2 saturated heterocycles. The van der Waals surface area contributed by atoms with Crippen LogP contribution in [0.3, 0.4) is 0 Å². The van der Waals surface area contributed by atoms with Crippen molar-refractivity contribution in [3.63, 3.8) is 0 Å². The number of likely N-dealkylation sites (tertiary alicyclic amines) is 1. The molecule has 9 heteroatoms. The molecule has 0 radical (unpaired) electrons. The van der Waals surface area contributed by atoms with E-state index in [4.69, 9.17) is 16.3 Å². The number of halogens is 1. The lowest BCUT2D eigenvalue weighted by atomic mass is 9.49. The predicted molar refractivity (Wildman–Crippen MR) is 168 cm³/mol. The molecule has 2 heterocycles. The molecule has 230 valence electrons. The zero-order chi connectivity index (χ0) is 31.6. The number of methoxy groups -OCH3 is 1. The van der Waals surface area contributed by atoms with Gasteiger partial charge in [-0.3, -0.25) is 24.1 Å². The summed E-state index contributed by atoms with van der Waals surface area (Å²) in [4.78, 5) is 59.8. The number of carbonyl (C=O) groups excluding carboxylic acids is 4. The van der Waals surface area contributed by atoms with E-state index in [1.165, 1.54) is 16.9 Å². The molecule has 2 aliphatic heterocycles. The number of allylic oxidation sites excluding steroid dienone is 2. The minimum Gasteiger partial charge on any atom is -0.504 e. The van der Waals surface area contributed by atoms with E-state index in [-0.39, 0.29) is 35.6 Å². The Morgan fingerprint density at radius 1 is 0.933 bits per heavy atom. The quantitative estimate of drug-likeness (QED) is 0.282. The molecular formula is C36H33ClN2O6. The van der Waals surface area contributed by atoms with Gasteiger partial charge in [0.25, 0.3) is 0 Å². The Labute approximate surface area is 266 Å². The van der Waals surface area contributed by atoms with E-state index in [2.05, 4.69) is 0 Å². The van der Waals surface area contributed by atoms with Gasteiger partial charge >= 0.3 is 0 Å². The topological polar surface area (TPSA) is 104 Å². The first kappa shape index (κ1) is 29.3. The van der Waals surface area contributed by atoms with Gasteiger partial charge in [-0.1, -0.05) is 72.6 Å². The molecule has 2 aliphatic carbocycles. The number of hydrogen-bond acceptors (Lipinski definition) is 6. The highest BCUT2D eigenvalue weighted by atomic mass is 35.5. The number of benzene rings is 3. The molecule has 3 aromatic rings. The van der Waals surface area contributed by atoms with Crippen LogP contribution in [0.5, 0.6) is 11.5 Å². The number of hydrogen-bond donors (Lipinski definition) is 1. The Bertz CT molecular complexity index is 1770. The standard InChI is InChI=1S/C36H33ClN2O6/c1-3-16-38-32(41)25-14-13-24-26(30(25)34(38)43)19-27-33(42)39(23-11-7-10-22(37)18-23)35(44)36(27,21-8-5-4-6-9-21)31(24)20-12-15-29(45-2)28(40)17-20/h4-13,15,17-18,25-27,30-31,40H,3,14,16,19H2,1-2H3/t25-,26+,27-,30-,31-,36+/m0/s1. The fourth-order valence-corrected chi connectivity index (χ4v) is 8.70. The van der Waals surface area contributed by atoms with Gasteiger partial charge in [0.05, 0.1) is 36.0 Å². The molecule has 6 atom stereocenters. The average Bonchev–Trinajstić information content (AvgIpc) is 3.42. The zero-order valence-electron chi connectivity index (χ0n) is 25.0. The molecule has 45 heavy (non-hydrogen) atoms. The Morgan fingerprint density at radius 2 is 1.71 bits per heavy atom. The van der Waals surface area contributed by atoms with Crippen molar-refractivity contribution in [1.82, 2.24) is 4.90 Å².